The summed E-state index contributed by atoms with van der Waals surface area (Å²) in [5, 5.41) is 0. The number of quaternary nitrogens is 2. The van der Waals surface area contributed by atoms with Crippen molar-refractivity contribution < 1.29 is 9.80 Å². The van der Waals surface area contributed by atoms with Crippen LogP contribution in [0.4, 0.5) is 0 Å². The van der Waals surface area contributed by atoms with Crippen LogP contribution in [0.3, 0.4) is 0 Å². The van der Waals surface area contributed by atoms with E-state index in [0.29, 0.717) is 0 Å². The van der Waals surface area contributed by atoms with E-state index in [4.69, 9.17) is 0 Å². The topological polar surface area (TPSA) is 21.8 Å². The zero-order valence-electron chi connectivity index (χ0n) is 10.4. The van der Waals surface area contributed by atoms with E-state index in [0.717, 1.165) is 12.6 Å². The Balaban J connectivity index is 1.82. The van der Waals surface area contributed by atoms with Crippen molar-refractivity contribution in [3.05, 3.63) is 30.1 Å². The molecule has 1 aliphatic heterocycles. The van der Waals surface area contributed by atoms with Crippen molar-refractivity contribution in [2.24, 2.45) is 0 Å². The highest BCUT2D eigenvalue weighted by Crippen LogP contribution is 1.91. The van der Waals surface area contributed by atoms with Crippen LogP contribution in [0.15, 0.2) is 24.5 Å². The molecule has 0 amide bonds. The molecule has 1 aliphatic rings. The fourth-order valence-corrected chi connectivity index (χ4v) is 2.47. The second-order valence-corrected chi connectivity index (χ2v) is 5.10. The van der Waals surface area contributed by atoms with Crippen LogP contribution in [0.5, 0.6) is 0 Å². The molecule has 1 aromatic heterocycles. The normalized spacial score (nSPS) is 25.9. The van der Waals surface area contributed by atoms with Gasteiger partial charge in [-0.1, -0.05) is 6.07 Å². The molecule has 3 nitrogen and oxygen atoms in total. The predicted molar refractivity (Wildman–Crippen MR) is 64.5 cm³/mol. The monoisotopic (exact) mass is 221 g/mol. The number of piperazine rings is 1. The summed E-state index contributed by atoms with van der Waals surface area (Å²) in [4.78, 5) is 7.64. The fraction of sp³-hybridized carbons (Fsp3) is 0.615. The number of pyridine rings is 1. The number of hydrogen-bond acceptors (Lipinski definition) is 1. The molecule has 0 bridgehead atoms. The Labute approximate surface area is 98.1 Å². The number of hydrogen-bond donors (Lipinski definition) is 2. The van der Waals surface area contributed by atoms with Gasteiger partial charge in [-0.05, 0) is 19.9 Å². The molecule has 2 rings (SSSR count). The van der Waals surface area contributed by atoms with Gasteiger partial charge in [0.15, 0.2) is 0 Å². The zero-order valence-corrected chi connectivity index (χ0v) is 10.4. The second kappa shape index (κ2) is 5.41. The number of rotatable bonds is 3. The van der Waals surface area contributed by atoms with Crippen LogP contribution in [0.2, 0.25) is 0 Å². The summed E-state index contributed by atoms with van der Waals surface area (Å²) in [5.74, 6) is 0. The van der Waals surface area contributed by atoms with Crippen LogP contribution in [0.25, 0.3) is 0 Å². The van der Waals surface area contributed by atoms with Gasteiger partial charge in [-0.15, -0.1) is 0 Å². The molecular formula is C13H23N3+2. The standard InChI is InChI=1S/C13H21N3/c1-12(2)16-8-6-15(7-9-16)11-13-4-3-5-14-10-13/h3-5,10,12H,6-9,11H2,1-2H3/p+2. The maximum Gasteiger partial charge on any atom is 0.127 e. The lowest BCUT2D eigenvalue weighted by Crippen LogP contribution is -3.28. The molecular weight excluding hydrogens is 198 g/mol. The highest BCUT2D eigenvalue weighted by molar-refractivity contribution is 5.06. The van der Waals surface area contributed by atoms with Gasteiger partial charge in [-0.3, -0.25) is 4.98 Å². The van der Waals surface area contributed by atoms with Crippen molar-refractivity contribution in [3.63, 3.8) is 0 Å². The third-order valence-electron chi connectivity index (χ3n) is 3.59. The summed E-state index contributed by atoms with van der Waals surface area (Å²) in [5.41, 5.74) is 1.37. The molecule has 88 valence electrons. The van der Waals surface area contributed by atoms with E-state index < -0.39 is 0 Å². The van der Waals surface area contributed by atoms with Gasteiger partial charge in [0.25, 0.3) is 0 Å². The minimum Gasteiger partial charge on any atom is -0.324 e. The van der Waals surface area contributed by atoms with E-state index in [1.807, 2.05) is 18.5 Å². The number of nitrogens with zero attached hydrogens (tertiary/aromatic N) is 1. The van der Waals surface area contributed by atoms with E-state index >= 15 is 0 Å². The molecule has 0 aliphatic carbocycles. The van der Waals surface area contributed by atoms with Gasteiger partial charge in [0.1, 0.15) is 32.7 Å². The second-order valence-electron chi connectivity index (χ2n) is 5.10. The van der Waals surface area contributed by atoms with Gasteiger partial charge in [0.2, 0.25) is 0 Å². The van der Waals surface area contributed by atoms with E-state index in [1.54, 1.807) is 9.80 Å². The lowest BCUT2D eigenvalue weighted by molar-refractivity contribution is -1.03. The lowest BCUT2D eigenvalue weighted by atomic mass is 10.2. The minimum absolute atomic E-state index is 0.778. The molecule has 0 saturated carbocycles. The molecule has 0 aromatic carbocycles. The molecule has 3 heteroatoms. The third-order valence-corrected chi connectivity index (χ3v) is 3.59. The van der Waals surface area contributed by atoms with Crippen molar-refractivity contribution >= 4 is 0 Å². The molecule has 0 unspecified atom stereocenters. The fourth-order valence-electron chi connectivity index (χ4n) is 2.47. The van der Waals surface area contributed by atoms with Crippen LogP contribution < -0.4 is 9.80 Å². The zero-order chi connectivity index (χ0) is 11.4. The highest BCUT2D eigenvalue weighted by Gasteiger charge is 2.24. The summed E-state index contributed by atoms with van der Waals surface area (Å²) in [7, 11) is 0. The average molecular weight is 221 g/mol. The first-order chi connectivity index (χ1) is 7.75. The van der Waals surface area contributed by atoms with Gasteiger partial charge >= 0.3 is 0 Å². The quantitative estimate of drug-likeness (QED) is 0.656. The van der Waals surface area contributed by atoms with Gasteiger partial charge in [0.05, 0.1) is 6.04 Å². The Kier molecular flexibility index (Phi) is 3.91. The maximum absolute atomic E-state index is 4.17. The number of aromatic nitrogens is 1. The summed E-state index contributed by atoms with van der Waals surface area (Å²) in [6.45, 7) is 11.0. The predicted octanol–water partition coefficient (Wildman–Crippen LogP) is -1.23. The van der Waals surface area contributed by atoms with Crippen molar-refractivity contribution in [3.8, 4) is 0 Å². The lowest BCUT2D eigenvalue weighted by Gasteiger charge is -2.31. The Morgan fingerprint density at radius 2 is 2.00 bits per heavy atom. The van der Waals surface area contributed by atoms with Crippen molar-refractivity contribution in [2.75, 3.05) is 26.2 Å². The van der Waals surface area contributed by atoms with E-state index in [-0.39, 0.29) is 0 Å². The molecule has 1 fully saturated rings. The molecule has 0 atom stereocenters. The van der Waals surface area contributed by atoms with Crippen molar-refractivity contribution in [2.45, 2.75) is 26.4 Å². The Morgan fingerprint density at radius 1 is 1.25 bits per heavy atom. The van der Waals surface area contributed by atoms with E-state index in [9.17, 15) is 0 Å². The van der Waals surface area contributed by atoms with Gasteiger partial charge < -0.3 is 9.80 Å². The maximum atomic E-state index is 4.17. The van der Waals surface area contributed by atoms with Crippen LogP contribution in [-0.4, -0.2) is 37.2 Å². The van der Waals surface area contributed by atoms with Crippen LogP contribution in [0, 0.1) is 0 Å². The summed E-state index contributed by atoms with van der Waals surface area (Å²) < 4.78 is 0. The van der Waals surface area contributed by atoms with E-state index in [1.165, 1.54) is 31.7 Å². The molecule has 0 radical (unpaired) electrons. The molecule has 16 heavy (non-hydrogen) atoms. The SMILES string of the molecule is CC(C)[NH+]1CC[NH+](Cc2cccnc2)CC1. The Hall–Kier alpha value is -0.930. The smallest absolute Gasteiger partial charge is 0.127 e. The first-order valence-electron chi connectivity index (χ1n) is 6.33. The Morgan fingerprint density at radius 3 is 2.56 bits per heavy atom. The molecule has 2 N–H and O–H groups in total. The van der Waals surface area contributed by atoms with E-state index in [2.05, 4.69) is 24.9 Å². The van der Waals surface area contributed by atoms with Gasteiger partial charge in [-0.25, -0.2) is 0 Å². The highest BCUT2D eigenvalue weighted by atomic mass is 15.3. The first kappa shape index (κ1) is 11.6. The summed E-state index contributed by atoms with van der Waals surface area (Å²) >= 11 is 0. The summed E-state index contributed by atoms with van der Waals surface area (Å²) in [6, 6.07) is 4.99. The van der Waals surface area contributed by atoms with Crippen LogP contribution >= 0.6 is 0 Å². The molecule has 0 spiro atoms. The van der Waals surface area contributed by atoms with Gasteiger partial charge in [0, 0.05) is 18.0 Å². The summed E-state index contributed by atoms with van der Waals surface area (Å²) in [6.07, 6.45) is 3.84. The third kappa shape index (κ3) is 3.03. The largest absolute Gasteiger partial charge is 0.324 e. The average Bonchev–Trinajstić information content (AvgIpc) is 2.31. The van der Waals surface area contributed by atoms with Crippen molar-refractivity contribution in [1.82, 2.24) is 4.98 Å². The minimum atomic E-state index is 0.778. The number of nitrogens with one attached hydrogen (secondary N) is 2. The van der Waals surface area contributed by atoms with Gasteiger partial charge in [-0.2, -0.15) is 0 Å². The van der Waals surface area contributed by atoms with Crippen LogP contribution in [0.1, 0.15) is 19.4 Å². The van der Waals surface area contributed by atoms with Crippen molar-refractivity contribution in [1.29, 1.82) is 0 Å². The van der Waals surface area contributed by atoms with Crippen LogP contribution in [-0.2, 0) is 6.54 Å². The molecule has 1 aromatic rings. The molecule has 2 heterocycles. The first-order valence-corrected chi connectivity index (χ1v) is 6.33. The Bertz CT molecular complexity index is 302. The molecule has 1 saturated heterocycles.